The summed E-state index contributed by atoms with van der Waals surface area (Å²) in [6.07, 6.45) is 0.995. The van der Waals surface area contributed by atoms with E-state index in [9.17, 15) is 0 Å². The van der Waals surface area contributed by atoms with Crippen molar-refractivity contribution in [1.82, 2.24) is 5.16 Å². The lowest BCUT2D eigenvalue weighted by molar-refractivity contribution is 0.456. The molecular formula is C11H12ClN3O. The zero-order valence-electron chi connectivity index (χ0n) is 8.69. The number of fused-ring (bicyclic) bond motifs is 1. The zero-order valence-corrected chi connectivity index (χ0v) is 9.44. The summed E-state index contributed by atoms with van der Waals surface area (Å²) in [5, 5.41) is 5.74. The number of nitrogens with two attached hydrogens (primary N) is 1. The second-order valence-corrected chi connectivity index (χ2v) is 4.58. The van der Waals surface area contributed by atoms with Gasteiger partial charge in [0.2, 0.25) is 0 Å². The van der Waals surface area contributed by atoms with Crippen LogP contribution in [-0.4, -0.2) is 24.3 Å². The van der Waals surface area contributed by atoms with Crippen molar-refractivity contribution >= 4 is 28.4 Å². The van der Waals surface area contributed by atoms with Crippen molar-refractivity contribution in [2.45, 2.75) is 12.5 Å². The van der Waals surface area contributed by atoms with Crippen LogP contribution in [0.25, 0.3) is 11.0 Å². The molecule has 1 saturated heterocycles. The van der Waals surface area contributed by atoms with Crippen LogP contribution in [0, 0.1) is 0 Å². The molecule has 16 heavy (non-hydrogen) atoms. The Kier molecular flexibility index (Phi) is 2.26. The number of aromatic nitrogens is 1. The summed E-state index contributed by atoms with van der Waals surface area (Å²) in [5.74, 6) is 0.852. The van der Waals surface area contributed by atoms with Crippen LogP contribution in [0.1, 0.15) is 6.42 Å². The Labute approximate surface area is 97.9 Å². The highest BCUT2D eigenvalue weighted by atomic mass is 35.5. The van der Waals surface area contributed by atoms with Crippen LogP contribution < -0.4 is 10.6 Å². The van der Waals surface area contributed by atoms with Crippen molar-refractivity contribution in [2.75, 3.05) is 18.0 Å². The zero-order chi connectivity index (χ0) is 11.1. The monoisotopic (exact) mass is 237 g/mol. The summed E-state index contributed by atoms with van der Waals surface area (Å²) in [6.45, 7) is 1.75. The number of nitrogens with zero attached hydrogens (tertiary/aromatic N) is 2. The van der Waals surface area contributed by atoms with Crippen molar-refractivity contribution in [3.05, 3.63) is 23.2 Å². The average molecular weight is 238 g/mol. The van der Waals surface area contributed by atoms with Crippen LogP contribution in [0.3, 0.4) is 0 Å². The maximum atomic E-state index is 5.97. The predicted octanol–water partition coefficient (Wildman–Crippen LogP) is 2.02. The average Bonchev–Trinajstić information content (AvgIpc) is 2.83. The largest absolute Gasteiger partial charge is 0.354 e. The highest BCUT2D eigenvalue weighted by Crippen LogP contribution is 2.30. The van der Waals surface area contributed by atoms with Crippen molar-refractivity contribution < 1.29 is 4.52 Å². The molecule has 84 valence electrons. The molecule has 2 heterocycles. The van der Waals surface area contributed by atoms with Crippen molar-refractivity contribution in [2.24, 2.45) is 5.73 Å². The fourth-order valence-electron chi connectivity index (χ4n) is 2.11. The maximum absolute atomic E-state index is 5.97. The van der Waals surface area contributed by atoms with E-state index < -0.39 is 0 Å². The summed E-state index contributed by atoms with van der Waals surface area (Å²) in [7, 11) is 0. The quantitative estimate of drug-likeness (QED) is 0.825. The van der Waals surface area contributed by atoms with E-state index in [-0.39, 0.29) is 6.04 Å². The fraction of sp³-hybridized carbons (Fsp3) is 0.364. The molecule has 3 rings (SSSR count). The highest BCUT2D eigenvalue weighted by molar-refractivity contribution is 6.31. The summed E-state index contributed by atoms with van der Waals surface area (Å²) in [6, 6.07) is 5.75. The van der Waals surface area contributed by atoms with Crippen LogP contribution in [0.2, 0.25) is 5.02 Å². The van der Waals surface area contributed by atoms with E-state index in [1.807, 2.05) is 12.1 Å². The molecule has 0 radical (unpaired) electrons. The van der Waals surface area contributed by atoms with Gasteiger partial charge in [-0.25, -0.2) is 0 Å². The van der Waals surface area contributed by atoms with Gasteiger partial charge < -0.3 is 15.2 Å². The molecule has 0 aliphatic carbocycles. The van der Waals surface area contributed by atoms with Gasteiger partial charge in [-0.2, -0.15) is 0 Å². The third-order valence-corrected chi connectivity index (χ3v) is 3.17. The Morgan fingerprint density at radius 3 is 3.12 bits per heavy atom. The summed E-state index contributed by atoms with van der Waals surface area (Å²) in [5.41, 5.74) is 6.64. The van der Waals surface area contributed by atoms with Gasteiger partial charge >= 0.3 is 0 Å². The first kappa shape index (κ1) is 9.93. The first-order chi connectivity index (χ1) is 7.74. The lowest BCUT2D eigenvalue weighted by atomic mass is 10.2. The van der Waals surface area contributed by atoms with Crippen molar-refractivity contribution in [1.29, 1.82) is 0 Å². The van der Waals surface area contributed by atoms with E-state index in [0.29, 0.717) is 5.02 Å². The number of halogens is 1. The molecule has 0 spiro atoms. The van der Waals surface area contributed by atoms with E-state index >= 15 is 0 Å². The van der Waals surface area contributed by atoms with Crippen LogP contribution in [0.5, 0.6) is 0 Å². The molecule has 1 aliphatic rings. The number of hydrogen-bond acceptors (Lipinski definition) is 4. The molecule has 2 N–H and O–H groups in total. The second kappa shape index (κ2) is 3.64. The molecule has 1 aromatic carbocycles. The standard InChI is InChI=1S/C11H12ClN3O/c12-7-1-2-10-9(5-7)11(14-16-10)15-4-3-8(13)6-15/h1-2,5,8H,3-4,6,13H2. The van der Waals surface area contributed by atoms with Crippen LogP contribution in [0.15, 0.2) is 22.7 Å². The van der Waals surface area contributed by atoms with E-state index in [1.165, 1.54) is 0 Å². The van der Waals surface area contributed by atoms with Gasteiger partial charge in [0.1, 0.15) is 0 Å². The molecular weight excluding hydrogens is 226 g/mol. The first-order valence-electron chi connectivity index (χ1n) is 5.29. The second-order valence-electron chi connectivity index (χ2n) is 4.14. The summed E-state index contributed by atoms with van der Waals surface area (Å²) >= 11 is 5.97. The minimum absolute atomic E-state index is 0.228. The minimum Gasteiger partial charge on any atom is -0.354 e. The first-order valence-corrected chi connectivity index (χ1v) is 5.67. The predicted molar refractivity (Wildman–Crippen MR) is 63.8 cm³/mol. The normalized spacial score (nSPS) is 20.9. The molecule has 1 aromatic heterocycles. The molecule has 1 aliphatic heterocycles. The molecule has 2 aromatic rings. The summed E-state index contributed by atoms with van der Waals surface area (Å²) in [4.78, 5) is 2.15. The minimum atomic E-state index is 0.228. The SMILES string of the molecule is NC1CCN(c2noc3ccc(Cl)cc23)C1. The van der Waals surface area contributed by atoms with Gasteiger partial charge in [0.15, 0.2) is 11.4 Å². The van der Waals surface area contributed by atoms with Crippen molar-refractivity contribution in [3.8, 4) is 0 Å². The number of anilines is 1. The Morgan fingerprint density at radius 2 is 2.38 bits per heavy atom. The molecule has 1 fully saturated rings. The van der Waals surface area contributed by atoms with Crippen LogP contribution in [0.4, 0.5) is 5.82 Å². The van der Waals surface area contributed by atoms with Crippen LogP contribution >= 0.6 is 11.6 Å². The fourth-order valence-corrected chi connectivity index (χ4v) is 2.28. The van der Waals surface area contributed by atoms with Gasteiger partial charge in [-0.15, -0.1) is 0 Å². The molecule has 5 heteroatoms. The van der Waals surface area contributed by atoms with E-state index in [1.54, 1.807) is 6.07 Å². The van der Waals surface area contributed by atoms with Gasteiger partial charge in [0.05, 0.1) is 5.39 Å². The lowest BCUT2D eigenvalue weighted by Crippen LogP contribution is -2.26. The number of hydrogen-bond donors (Lipinski definition) is 1. The van der Waals surface area contributed by atoms with E-state index in [0.717, 1.165) is 36.3 Å². The maximum Gasteiger partial charge on any atom is 0.180 e. The Morgan fingerprint density at radius 1 is 1.50 bits per heavy atom. The summed E-state index contributed by atoms with van der Waals surface area (Å²) < 4.78 is 5.26. The third kappa shape index (κ3) is 1.54. The smallest absolute Gasteiger partial charge is 0.180 e. The molecule has 4 nitrogen and oxygen atoms in total. The Balaban J connectivity index is 2.06. The van der Waals surface area contributed by atoms with Crippen LogP contribution in [-0.2, 0) is 0 Å². The molecule has 0 saturated carbocycles. The molecule has 0 amide bonds. The van der Waals surface area contributed by atoms with Gasteiger partial charge in [0, 0.05) is 24.2 Å². The van der Waals surface area contributed by atoms with Crippen molar-refractivity contribution in [3.63, 3.8) is 0 Å². The lowest BCUT2D eigenvalue weighted by Gasteiger charge is -2.13. The Bertz CT molecular complexity index is 525. The van der Waals surface area contributed by atoms with Gasteiger partial charge in [-0.3, -0.25) is 0 Å². The molecule has 0 bridgehead atoms. The third-order valence-electron chi connectivity index (χ3n) is 2.94. The van der Waals surface area contributed by atoms with Gasteiger partial charge in [0.25, 0.3) is 0 Å². The van der Waals surface area contributed by atoms with E-state index in [2.05, 4.69) is 10.1 Å². The molecule has 1 atom stereocenters. The molecule has 1 unspecified atom stereocenters. The van der Waals surface area contributed by atoms with Gasteiger partial charge in [-0.05, 0) is 24.6 Å². The Hall–Kier alpha value is -1.26. The van der Waals surface area contributed by atoms with Gasteiger partial charge in [-0.1, -0.05) is 16.8 Å². The number of rotatable bonds is 1. The van der Waals surface area contributed by atoms with E-state index in [4.69, 9.17) is 21.9 Å². The topological polar surface area (TPSA) is 55.3 Å². The highest BCUT2D eigenvalue weighted by Gasteiger charge is 2.23. The number of benzene rings is 1.